The van der Waals surface area contributed by atoms with Crippen molar-refractivity contribution in [2.75, 3.05) is 0 Å². The van der Waals surface area contributed by atoms with Crippen LogP contribution in [0.5, 0.6) is 0 Å². The fourth-order valence-electron chi connectivity index (χ4n) is 4.83. The second kappa shape index (κ2) is 11.2. The van der Waals surface area contributed by atoms with Gasteiger partial charge in [-0.15, -0.1) is 10.2 Å². The molecule has 14 heteroatoms. The van der Waals surface area contributed by atoms with Gasteiger partial charge in [0.25, 0.3) is 24.3 Å². The molecule has 0 saturated carbocycles. The number of benzene rings is 3. The Kier molecular flexibility index (Phi) is 7.43. The van der Waals surface area contributed by atoms with E-state index in [9.17, 15) is 25.9 Å². The zero-order chi connectivity index (χ0) is 31.0. The largest absolute Gasteiger partial charge is 0.292 e. The topological polar surface area (TPSA) is 170 Å². The molecular formula is C30H24N6O6S2. The maximum atomic E-state index is 12.7. The van der Waals surface area contributed by atoms with E-state index in [1.165, 1.54) is 35.3 Å². The molecule has 2 N–H and O–H groups in total. The third kappa shape index (κ3) is 5.42. The summed E-state index contributed by atoms with van der Waals surface area (Å²) >= 11 is 0. The summed E-state index contributed by atoms with van der Waals surface area (Å²) in [4.78, 5) is 2.48. The quantitative estimate of drug-likeness (QED) is 0.235. The van der Waals surface area contributed by atoms with Crippen LogP contribution in [0.4, 0.5) is 0 Å². The standard InChI is InChI=1S/C30H24N6O6S2/c37-43(38,39)30(44(40,41)42)19-27(36-32-21-29(34-36)24-9-5-2-6-10-24)18-15-25(30)14-11-22-12-16-26(17-13-22)35-31-20-28(33-35)23-7-3-1-4-8-23/h1-21,25H,(H,37,38,39)(H,40,41,42). The van der Waals surface area contributed by atoms with Crippen molar-refractivity contribution in [3.05, 3.63) is 127 Å². The highest BCUT2D eigenvalue weighted by atomic mass is 32.3. The lowest BCUT2D eigenvalue weighted by Crippen LogP contribution is -2.50. The van der Waals surface area contributed by atoms with Crippen molar-refractivity contribution in [2.45, 2.75) is 4.08 Å². The molecular weight excluding hydrogens is 605 g/mol. The van der Waals surface area contributed by atoms with E-state index in [4.69, 9.17) is 0 Å². The molecule has 0 fully saturated rings. The minimum atomic E-state index is -5.45. The van der Waals surface area contributed by atoms with E-state index < -0.39 is 30.2 Å². The number of rotatable bonds is 8. The van der Waals surface area contributed by atoms with Crippen molar-refractivity contribution in [3.8, 4) is 28.2 Å². The average molecular weight is 629 g/mol. The van der Waals surface area contributed by atoms with Gasteiger partial charge in [0, 0.05) is 17.0 Å². The Morgan fingerprint density at radius 1 is 0.705 bits per heavy atom. The molecule has 0 bridgehead atoms. The molecule has 12 nitrogen and oxygen atoms in total. The molecule has 2 heterocycles. The summed E-state index contributed by atoms with van der Waals surface area (Å²) in [5.74, 6) is -1.51. The molecule has 2 aromatic heterocycles. The van der Waals surface area contributed by atoms with Gasteiger partial charge in [-0.1, -0.05) is 91.0 Å². The predicted molar refractivity (Wildman–Crippen MR) is 164 cm³/mol. The second-order valence-electron chi connectivity index (χ2n) is 9.85. The van der Waals surface area contributed by atoms with E-state index in [0.29, 0.717) is 22.6 Å². The number of hydrogen-bond acceptors (Lipinski definition) is 8. The molecule has 0 saturated heterocycles. The first-order chi connectivity index (χ1) is 21.0. The molecule has 5 aromatic rings. The van der Waals surface area contributed by atoms with Crippen LogP contribution >= 0.6 is 0 Å². The van der Waals surface area contributed by atoms with Crippen LogP contribution in [0, 0.1) is 5.92 Å². The Bertz CT molecular complexity index is 2090. The first-order valence-electron chi connectivity index (χ1n) is 13.1. The van der Waals surface area contributed by atoms with Crippen LogP contribution in [0.2, 0.25) is 0 Å². The monoisotopic (exact) mass is 628 g/mol. The van der Waals surface area contributed by atoms with Crippen LogP contribution in [0.1, 0.15) is 5.56 Å². The molecule has 1 aliphatic carbocycles. The van der Waals surface area contributed by atoms with Gasteiger partial charge in [-0.05, 0) is 29.8 Å². The summed E-state index contributed by atoms with van der Waals surface area (Å²) in [5.41, 5.74) is 3.92. The first kappa shape index (κ1) is 29.1. The highest BCUT2D eigenvalue weighted by Crippen LogP contribution is 2.40. The Balaban J connectivity index is 1.30. The van der Waals surface area contributed by atoms with Gasteiger partial charge < -0.3 is 0 Å². The van der Waals surface area contributed by atoms with E-state index in [-0.39, 0.29) is 5.70 Å². The Morgan fingerprint density at radius 2 is 1.23 bits per heavy atom. The van der Waals surface area contributed by atoms with Crippen molar-refractivity contribution in [1.82, 2.24) is 30.0 Å². The Hall–Kier alpha value is -5.02. The first-order valence-corrected chi connectivity index (χ1v) is 16.0. The fraction of sp³-hybridized carbons (Fsp3) is 0.0667. The molecule has 1 atom stereocenters. The maximum Gasteiger partial charge on any atom is 0.292 e. The summed E-state index contributed by atoms with van der Waals surface area (Å²) in [6.45, 7) is 0. The average Bonchev–Trinajstić information content (AvgIpc) is 3.71. The molecule has 3 aromatic carbocycles. The molecule has 44 heavy (non-hydrogen) atoms. The zero-order valence-corrected chi connectivity index (χ0v) is 24.4. The Labute approximate surface area is 252 Å². The third-order valence-corrected chi connectivity index (χ3v) is 10.7. The molecule has 0 aliphatic heterocycles. The lowest BCUT2D eigenvalue weighted by atomic mass is 9.96. The van der Waals surface area contributed by atoms with E-state index in [0.717, 1.165) is 22.0 Å². The Morgan fingerprint density at radius 3 is 1.77 bits per heavy atom. The minimum Gasteiger partial charge on any atom is -0.284 e. The van der Waals surface area contributed by atoms with Crippen LogP contribution in [0.3, 0.4) is 0 Å². The van der Waals surface area contributed by atoms with Gasteiger partial charge in [-0.3, -0.25) is 9.11 Å². The molecule has 0 radical (unpaired) electrons. The lowest BCUT2D eigenvalue weighted by Gasteiger charge is -2.32. The van der Waals surface area contributed by atoms with Gasteiger partial charge in [0.15, 0.2) is 0 Å². The molecule has 6 rings (SSSR count). The summed E-state index contributed by atoms with van der Waals surface area (Å²) in [5, 5.41) is 17.2. The van der Waals surface area contributed by atoms with Crippen molar-refractivity contribution in [1.29, 1.82) is 0 Å². The normalized spacial score (nSPS) is 16.7. The van der Waals surface area contributed by atoms with E-state index in [1.54, 1.807) is 54.7 Å². The van der Waals surface area contributed by atoms with Gasteiger partial charge in [0.1, 0.15) is 11.4 Å². The summed E-state index contributed by atoms with van der Waals surface area (Å²) in [6, 6.07) is 25.4. The third-order valence-electron chi connectivity index (χ3n) is 7.07. The minimum absolute atomic E-state index is 0.0852. The van der Waals surface area contributed by atoms with Crippen molar-refractivity contribution in [2.24, 2.45) is 5.92 Å². The predicted octanol–water partition coefficient (Wildman–Crippen LogP) is 4.41. The van der Waals surface area contributed by atoms with Crippen LogP contribution < -0.4 is 0 Å². The molecule has 1 aliphatic rings. The fourth-order valence-corrected chi connectivity index (χ4v) is 7.43. The molecule has 222 valence electrons. The summed E-state index contributed by atoms with van der Waals surface area (Å²) in [6.07, 6.45) is 9.20. The molecule has 0 spiro atoms. The van der Waals surface area contributed by atoms with E-state index in [1.807, 2.05) is 36.4 Å². The van der Waals surface area contributed by atoms with Gasteiger partial charge in [-0.2, -0.15) is 36.6 Å². The number of hydrogen-bond donors (Lipinski definition) is 2. The smallest absolute Gasteiger partial charge is 0.284 e. The van der Waals surface area contributed by atoms with Crippen molar-refractivity contribution >= 4 is 32.0 Å². The van der Waals surface area contributed by atoms with Crippen LogP contribution in [-0.2, 0) is 20.2 Å². The molecule has 0 amide bonds. The van der Waals surface area contributed by atoms with E-state index >= 15 is 0 Å². The van der Waals surface area contributed by atoms with Crippen LogP contribution in [0.15, 0.2) is 122 Å². The SMILES string of the molecule is O=S(=O)(O)C1(S(=O)(=O)O)C=C(n2ncc(-c3ccccc3)n2)C=CC1C=Cc1ccc(-n2ncc(-c3ccccc3)n2)cc1. The highest BCUT2D eigenvalue weighted by Gasteiger charge is 2.58. The lowest BCUT2D eigenvalue weighted by molar-refractivity contribution is 0.424. The van der Waals surface area contributed by atoms with Gasteiger partial charge in [-0.25, -0.2) is 0 Å². The number of allylic oxidation sites excluding steroid dienone is 4. The van der Waals surface area contributed by atoms with Gasteiger partial charge in [0.05, 0.1) is 23.8 Å². The summed E-state index contributed by atoms with van der Waals surface area (Å²) < 4.78 is 68.2. The maximum absolute atomic E-state index is 12.7. The second-order valence-corrected chi connectivity index (χ2v) is 13.4. The molecule has 1 unspecified atom stereocenters. The number of aromatic nitrogens is 6. The van der Waals surface area contributed by atoms with Crippen LogP contribution in [0.25, 0.3) is 40.0 Å². The highest BCUT2D eigenvalue weighted by molar-refractivity contribution is 8.05. The van der Waals surface area contributed by atoms with E-state index in [2.05, 4.69) is 20.4 Å². The van der Waals surface area contributed by atoms with Crippen LogP contribution in [-0.4, -0.2) is 60.0 Å². The van der Waals surface area contributed by atoms with Crippen molar-refractivity contribution < 1.29 is 25.9 Å². The van der Waals surface area contributed by atoms with Crippen molar-refractivity contribution in [3.63, 3.8) is 0 Å². The number of nitrogens with zero attached hydrogens (tertiary/aromatic N) is 6. The van der Waals surface area contributed by atoms with Gasteiger partial charge >= 0.3 is 0 Å². The zero-order valence-electron chi connectivity index (χ0n) is 22.7. The summed E-state index contributed by atoms with van der Waals surface area (Å²) in [7, 11) is -10.9. The van der Waals surface area contributed by atoms with Gasteiger partial charge in [0.2, 0.25) is 0 Å².